The molecular weight excluding hydrogens is 210 g/mol. The fourth-order valence-corrected chi connectivity index (χ4v) is 2.44. The summed E-state index contributed by atoms with van der Waals surface area (Å²) in [7, 11) is 0. The maximum Gasteiger partial charge on any atom is 0.0703 e. The number of nitrogens with zero attached hydrogens (tertiary/aromatic N) is 2. The van der Waals surface area contributed by atoms with Crippen molar-refractivity contribution in [2.75, 3.05) is 24.5 Å². The Kier molecular flexibility index (Phi) is 2.69. The number of nitrogens with one attached hydrogen (secondary N) is 1. The molecule has 3 rings (SSSR count). The van der Waals surface area contributed by atoms with Gasteiger partial charge in [0.2, 0.25) is 0 Å². The Hall–Kier alpha value is -1.61. The highest BCUT2D eigenvalue weighted by Crippen LogP contribution is 2.22. The number of aromatic nitrogens is 1. The highest BCUT2D eigenvalue weighted by atomic mass is 15.2. The second-order valence-electron chi connectivity index (χ2n) is 4.63. The molecule has 1 atom stereocenters. The molecule has 0 saturated carbocycles. The van der Waals surface area contributed by atoms with Crippen LogP contribution in [0.2, 0.25) is 0 Å². The van der Waals surface area contributed by atoms with E-state index in [1.807, 2.05) is 12.3 Å². The molecule has 1 N–H and O–H groups in total. The van der Waals surface area contributed by atoms with E-state index in [4.69, 9.17) is 0 Å². The van der Waals surface area contributed by atoms with Gasteiger partial charge in [0.1, 0.15) is 0 Å². The second-order valence-corrected chi connectivity index (χ2v) is 4.63. The van der Waals surface area contributed by atoms with E-state index in [-0.39, 0.29) is 0 Å². The number of pyridine rings is 1. The Morgan fingerprint density at radius 2 is 2.24 bits per heavy atom. The van der Waals surface area contributed by atoms with E-state index in [2.05, 4.69) is 46.4 Å². The minimum absolute atomic E-state index is 0.534. The molecule has 0 amide bonds. The van der Waals surface area contributed by atoms with Crippen LogP contribution in [-0.4, -0.2) is 30.7 Å². The van der Waals surface area contributed by atoms with Crippen molar-refractivity contribution in [1.82, 2.24) is 10.3 Å². The Balaban J connectivity index is 1.99. The zero-order valence-corrected chi connectivity index (χ0v) is 10.1. The van der Waals surface area contributed by atoms with Gasteiger partial charge >= 0.3 is 0 Å². The van der Waals surface area contributed by atoms with Crippen molar-refractivity contribution >= 4 is 16.6 Å². The number of anilines is 1. The van der Waals surface area contributed by atoms with Crippen molar-refractivity contribution in [3.8, 4) is 0 Å². The molecule has 1 aliphatic rings. The number of piperazine rings is 1. The molecule has 88 valence electrons. The van der Waals surface area contributed by atoms with E-state index >= 15 is 0 Å². The van der Waals surface area contributed by atoms with Crippen LogP contribution in [0.3, 0.4) is 0 Å². The Bertz CT molecular complexity index is 524. The number of hydrogen-bond donors (Lipinski definition) is 1. The van der Waals surface area contributed by atoms with Gasteiger partial charge in [-0.3, -0.25) is 4.98 Å². The van der Waals surface area contributed by atoms with Crippen LogP contribution in [0.5, 0.6) is 0 Å². The van der Waals surface area contributed by atoms with Crippen LogP contribution in [0.25, 0.3) is 10.9 Å². The van der Waals surface area contributed by atoms with E-state index < -0.39 is 0 Å². The second kappa shape index (κ2) is 4.34. The lowest BCUT2D eigenvalue weighted by molar-refractivity contribution is 0.500. The van der Waals surface area contributed by atoms with Crippen molar-refractivity contribution in [1.29, 1.82) is 0 Å². The maximum absolute atomic E-state index is 4.53. The van der Waals surface area contributed by atoms with E-state index in [1.165, 1.54) is 11.1 Å². The predicted octanol–water partition coefficient (Wildman–Crippen LogP) is 2.03. The highest BCUT2D eigenvalue weighted by molar-refractivity contribution is 5.81. The largest absolute Gasteiger partial charge is 0.365 e. The minimum Gasteiger partial charge on any atom is -0.365 e. The zero-order valence-electron chi connectivity index (χ0n) is 10.1. The van der Waals surface area contributed by atoms with Gasteiger partial charge in [-0.25, -0.2) is 0 Å². The molecule has 1 saturated heterocycles. The molecule has 0 aliphatic carbocycles. The molecule has 0 spiro atoms. The van der Waals surface area contributed by atoms with E-state index in [1.54, 1.807) is 0 Å². The van der Waals surface area contributed by atoms with Gasteiger partial charge in [0.05, 0.1) is 17.4 Å². The summed E-state index contributed by atoms with van der Waals surface area (Å²) < 4.78 is 0. The maximum atomic E-state index is 4.53. The summed E-state index contributed by atoms with van der Waals surface area (Å²) in [5.74, 6) is 0. The summed E-state index contributed by atoms with van der Waals surface area (Å²) in [6.07, 6.45) is 1.99. The number of benzene rings is 1. The van der Waals surface area contributed by atoms with E-state index in [9.17, 15) is 0 Å². The van der Waals surface area contributed by atoms with Gasteiger partial charge < -0.3 is 10.2 Å². The molecule has 3 nitrogen and oxygen atoms in total. The van der Waals surface area contributed by atoms with Crippen LogP contribution in [0, 0.1) is 0 Å². The van der Waals surface area contributed by atoms with Gasteiger partial charge in [0, 0.05) is 31.1 Å². The van der Waals surface area contributed by atoms with Crippen molar-refractivity contribution in [3.05, 3.63) is 36.5 Å². The van der Waals surface area contributed by atoms with Crippen LogP contribution < -0.4 is 10.2 Å². The first-order valence-corrected chi connectivity index (χ1v) is 6.17. The topological polar surface area (TPSA) is 28.2 Å². The van der Waals surface area contributed by atoms with Crippen molar-refractivity contribution in [3.63, 3.8) is 0 Å². The summed E-state index contributed by atoms with van der Waals surface area (Å²) in [4.78, 5) is 6.96. The zero-order chi connectivity index (χ0) is 11.7. The number of rotatable bonds is 1. The summed E-state index contributed by atoms with van der Waals surface area (Å²) >= 11 is 0. The first-order valence-electron chi connectivity index (χ1n) is 6.17. The molecule has 3 heteroatoms. The Morgan fingerprint density at radius 1 is 1.35 bits per heavy atom. The highest BCUT2D eigenvalue weighted by Gasteiger charge is 2.18. The summed E-state index contributed by atoms with van der Waals surface area (Å²) in [5.41, 5.74) is 2.30. The molecule has 0 bridgehead atoms. The Labute approximate surface area is 101 Å². The lowest BCUT2D eigenvalue weighted by Gasteiger charge is -2.35. The van der Waals surface area contributed by atoms with Gasteiger partial charge in [-0.1, -0.05) is 18.2 Å². The monoisotopic (exact) mass is 227 g/mol. The smallest absolute Gasteiger partial charge is 0.0703 e. The summed E-state index contributed by atoms with van der Waals surface area (Å²) in [5, 5.41) is 4.63. The summed E-state index contributed by atoms with van der Waals surface area (Å²) in [6, 6.07) is 11.0. The van der Waals surface area contributed by atoms with Crippen LogP contribution in [0.4, 0.5) is 5.69 Å². The van der Waals surface area contributed by atoms with Crippen LogP contribution in [0.1, 0.15) is 6.92 Å². The third-order valence-corrected chi connectivity index (χ3v) is 3.41. The standard InChI is InChI=1S/C14H17N3/c1-11-9-15-6-7-17(11)13-8-12-4-2-3-5-14(12)16-10-13/h2-5,8,10-11,15H,6-7,9H2,1H3/t11-/m0/s1. The van der Waals surface area contributed by atoms with Gasteiger partial charge in [-0.2, -0.15) is 0 Å². The molecule has 0 radical (unpaired) electrons. The quantitative estimate of drug-likeness (QED) is 0.808. The molecule has 2 aromatic rings. The molecule has 0 unspecified atom stereocenters. The van der Waals surface area contributed by atoms with Crippen LogP contribution in [0.15, 0.2) is 36.5 Å². The lowest BCUT2D eigenvalue weighted by atomic mass is 10.1. The van der Waals surface area contributed by atoms with E-state index in [0.29, 0.717) is 6.04 Å². The third kappa shape index (κ3) is 1.98. The van der Waals surface area contributed by atoms with Crippen molar-refractivity contribution < 1.29 is 0 Å². The lowest BCUT2D eigenvalue weighted by Crippen LogP contribution is -2.49. The summed E-state index contributed by atoms with van der Waals surface area (Å²) in [6.45, 7) is 5.41. The fraction of sp³-hybridized carbons (Fsp3) is 0.357. The molecular formula is C14H17N3. The van der Waals surface area contributed by atoms with Gasteiger partial charge in [0.25, 0.3) is 0 Å². The molecule has 1 aliphatic heterocycles. The molecule has 1 fully saturated rings. The van der Waals surface area contributed by atoms with Crippen LogP contribution in [-0.2, 0) is 0 Å². The number of para-hydroxylation sites is 1. The molecule has 2 heterocycles. The Morgan fingerprint density at radius 3 is 3.12 bits per heavy atom. The number of fused-ring (bicyclic) bond motifs is 1. The third-order valence-electron chi connectivity index (χ3n) is 3.41. The fourth-order valence-electron chi connectivity index (χ4n) is 2.44. The SMILES string of the molecule is C[C@H]1CNCCN1c1cnc2ccccc2c1. The van der Waals surface area contributed by atoms with Gasteiger partial charge in [-0.05, 0) is 19.1 Å². The molecule has 1 aromatic carbocycles. The average Bonchev–Trinajstić information content (AvgIpc) is 2.39. The number of hydrogen-bond acceptors (Lipinski definition) is 3. The minimum atomic E-state index is 0.534. The van der Waals surface area contributed by atoms with Gasteiger partial charge in [0.15, 0.2) is 0 Å². The predicted molar refractivity (Wildman–Crippen MR) is 71.4 cm³/mol. The molecule has 1 aromatic heterocycles. The molecule has 17 heavy (non-hydrogen) atoms. The van der Waals surface area contributed by atoms with Crippen LogP contribution >= 0.6 is 0 Å². The van der Waals surface area contributed by atoms with E-state index in [0.717, 1.165) is 25.2 Å². The first-order chi connectivity index (χ1) is 8.34. The van der Waals surface area contributed by atoms with Crippen molar-refractivity contribution in [2.45, 2.75) is 13.0 Å². The first kappa shape index (κ1) is 10.5. The normalized spacial score (nSPS) is 20.8. The van der Waals surface area contributed by atoms with Crippen molar-refractivity contribution in [2.24, 2.45) is 0 Å². The average molecular weight is 227 g/mol. The van der Waals surface area contributed by atoms with Gasteiger partial charge in [-0.15, -0.1) is 0 Å².